The van der Waals surface area contributed by atoms with Crippen LogP contribution in [0.15, 0.2) is 78.0 Å². The number of fused-ring (bicyclic) bond motifs is 1. The second-order valence-corrected chi connectivity index (χ2v) is 8.21. The van der Waals surface area contributed by atoms with Crippen LogP contribution in [0, 0.1) is 5.41 Å². The highest BCUT2D eigenvalue weighted by atomic mass is 16.6. The fourth-order valence-electron chi connectivity index (χ4n) is 4.13. The number of hydrogen-bond donors (Lipinski definition) is 4. The maximum Gasteiger partial charge on any atom is 0.263 e. The number of nitrogens with zero attached hydrogens (tertiary/aromatic N) is 3. The fourth-order valence-corrected chi connectivity index (χ4v) is 4.13. The first-order valence-electron chi connectivity index (χ1n) is 12.5. The number of aliphatic imine (C=N–C) groups is 1. The van der Waals surface area contributed by atoms with E-state index in [-0.39, 0.29) is 11.8 Å². The first-order chi connectivity index (χ1) is 18.1. The number of aromatic nitrogens is 1. The Morgan fingerprint density at radius 3 is 2.41 bits per heavy atom. The fraction of sp³-hybridized carbons (Fsp3) is 0.286. The van der Waals surface area contributed by atoms with Gasteiger partial charge in [0, 0.05) is 36.6 Å². The van der Waals surface area contributed by atoms with Crippen molar-refractivity contribution in [1.82, 2.24) is 4.98 Å². The van der Waals surface area contributed by atoms with Gasteiger partial charge in [-0.15, -0.1) is 0 Å². The highest BCUT2D eigenvalue weighted by molar-refractivity contribution is 6.19. The van der Waals surface area contributed by atoms with Gasteiger partial charge in [0.05, 0.1) is 22.6 Å². The van der Waals surface area contributed by atoms with E-state index in [1.54, 1.807) is 12.4 Å². The molecule has 2 aliphatic heterocycles. The Kier molecular flexibility index (Phi) is 10.3. The van der Waals surface area contributed by atoms with Gasteiger partial charge in [-0.05, 0) is 31.4 Å². The number of hydrogen-bond acceptors (Lipinski definition) is 8. The summed E-state index contributed by atoms with van der Waals surface area (Å²) in [5.41, 5.74) is 10.7. The zero-order valence-corrected chi connectivity index (χ0v) is 21.4. The number of carbonyl (C=O) groups excluding carboxylic acids is 1. The highest BCUT2D eigenvalue weighted by Crippen LogP contribution is 2.24. The molecule has 3 heterocycles. The van der Waals surface area contributed by atoms with Crippen molar-refractivity contribution >= 4 is 28.9 Å². The van der Waals surface area contributed by atoms with Gasteiger partial charge in [0.2, 0.25) is 5.90 Å². The summed E-state index contributed by atoms with van der Waals surface area (Å²) in [6.45, 7) is 6.05. The molecule has 0 bridgehead atoms. The molecule has 194 valence electrons. The van der Waals surface area contributed by atoms with Crippen LogP contribution in [0.2, 0.25) is 0 Å². The van der Waals surface area contributed by atoms with Gasteiger partial charge in [0.15, 0.2) is 6.17 Å². The summed E-state index contributed by atoms with van der Waals surface area (Å²) in [7, 11) is 0. The number of pyridine rings is 1. The maximum atomic E-state index is 11.8. The SMILES string of the molecule is CC.N=C(ON)c1cnccc1N1CCCCC1.NC1N=C(c2ccccc2)c2ccccc2NC1=O. The Morgan fingerprint density at radius 2 is 1.70 bits per heavy atom. The molecular weight excluding hydrogens is 466 g/mol. The molecule has 3 aromatic rings. The quantitative estimate of drug-likeness (QED) is 0.242. The van der Waals surface area contributed by atoms with Crippen molar-refractivity contribution in [3.8, 4) is 0 Å². The van der Waals surface area contributed by atoms with E-state index < -0.39 is 6.17 Å². The van der Waals surface area contributed by atoms with Crippen LogP contribution in [0.1, 0.15) is 49.8 Å². The summed E-state index contributed by atoms with van der Waals surface area (Å²) >= 11 is 0. The van der Waals surface area contributed by atoms with Crippen molar-refractivity contribution in [2.45, 2.75) is 39.3 Å². The van der Waals surface area contributed by atoms with Crippen molar-refractivity contribution < 1.29 is 9.63 Å². The van der Waals surface area contributed by atoms with Crippen LogP contribution in [0.3, 0.4) is 0 Å². The second-order valence-electron chi connectivity index (χ2n) is 8.21. The van der Waals surface area contributed by atoms with Gasteiger partial charge in [-0.1, -0.05) is 62.4 Å². The lowest BCUT2D eigenvalue weighted by molar-refractivity contribution is -0.117. The van der Waals surface area contributed by atoms with E-state index in [4.69, 9.17) is 17.0 Å². The molecule has 9 nitrogen and oxygen atoms in total. The number of nitrogens with one attached hydrogen (secondary N) is 2. The van der Waals surface area contributed by atoms with E-state index in [1.165, 1.54) is 19.3 Å². The van der Waals surface area contributed by atoms with Crippen LogP contribution >= 0.6 is 0 Å². The number of nitrogens with two attached hydrogens (primary N) is 2. The lowest BCUT2D eigenvalue weighted by atomic mass is 10.0. The Hall–Kier alpha value is -4.08. The van der Waals surface area contributed by atoms with E-state index in [1.807, 2.05) is 74.5 Å². The zero-order chi connectivity index (χ0) is 26.6. The van der Waals surface area contributed by atoms with Crippen LogP contribution in [-0.2, 0) is 9.63 Å². The molecule has 5 rings (SSSR count). The molecule has 0 saturated carbocycles. The largest absolute Gasteiger partial charge is 0.391 e. The molecular formula is C28H35N7O2. The molecule has 1 unspecified atom stereocenters. The molecule has 6 N–H and O–H groups in total. The second kappa shape index (κ2) is 13.9. The van der Waals surface area contributed by atoms with Crippen molar-refractivity contribution in [3.05, 3.63) is 89.7 Å². The molecule has 1 fully saturated rings. The van der Waals surface area contributed by atoms with Crippen molar-refractivity contribution in [1.29, 1.82) is 5.41 Å². The Morgan fingerprint density at radius 1 is 1.03 bits per heavy atom. The van der Waals surface area contributed by atoms with Gasteiger partial charge in [-0.25, -0.2) is 0 Å². The van der Waals surface area contributed by atoms with E-state index in [9.17, 15) is 4.79 Å². The smallest absolute Gasteiger partial charge is 0.263 e. The monoisotopic (exact) mass is 501 g/mol. The van der Waals surface area contributed by atoms with Crippen LogP contribution in [0.4, 0.5) is 11.4 Å². The van der Waals surface area contributed by atoms with E-state index in [0.29, 0.717) is 5.56 Å². The first kappa shape index (κ1) is 27.5. The third kappa shape index (κ3) is 6.99. The van der Waals surface area contributed by atoms with Crippen LogP contribution in [0.25, 0.3) is 0 Å². The number of benzodiazepines with no additional fused rings is 1. The van der Waals surface area contributed by atoms with Crippen molar-refractivity contribution in [3.63, 3.8) is 0 Å². The molecule has 1 atom stereocenters. The molecule has 2 aromatic carbocycles. The molecule has 0 spiro atoms. The average molecular weight is 502 g/mol. The molecule has 0 radical (unpaired) electrons. The van der Waals surface area contributed by atoms with Gasteiger partial charge < -0.3 is 20.8 Å². The number of para-hydroxylation sites is 1. The summed E-state index contributed by atoms with van der Waals surface area (Å²) in [5, 5.41) is 10.4. The maximum absolute atomic E-state index is 11.8. The molecule has 1 aromatic heterocycles. The third-order valence-corrected chi connectivity index (χ3v) is 5.88. The number of carbonyl (C=O) groups is 1. The van der Waals surface area contributed by atoms with Crippen LogP contribution < -0.4 is 21.8 Å². The summed E-state index contributed by atoms with van der Waals surface area (Å²) in [5.74, 6) is 4.70. The minimum atomic E-state index is -0.886. The van der Waals surface area contributed by atoms with Crippen molar-refractivity contribution in [2.24, 2.45) is 16.6 Å². The summed E-state index contributed by atoms with van der Waals surface area (Å²) in [4.78, 5) is 26.9. The minimum absolute atomic E-state index is 0.0336. The van der Waals surface area contributed by atoms with Crippen LogP contribution in [-0.4, -0.2) is 41.8 Å². The van der Waals surface area contributed by atoms with Gasteiger partial charge >= 0.3 is 0 Å². The van der Waals surface area contributed by atoms with Crippen molar-refractivity contribution in [2.75, 3.05) is 23.3 Å². The average Bonchev–Trinajstić information content (AvgIpc) is 3.10. The number of amides is 1. The normalized spacial score (nSPS) is 16.3. The predicted octanol–water partition coefficient (Wildman–Crippen LogP) is 4.07. The topological polar surface area (TPSA) is 143 Å². The van der Waals surface area contributed by atoms with Gasteiger partial charge in [-0.3, -0.25) is 20.2 Å². The summed E-state index contributed by atoms with van der Waals surface area (Å²) < 4.78 is 0. The molecule has 1 saturated heterocycles. The number of piperidine rings is 1. The van der Waals surface area contributed by atoms with E-state index in [2.05, 4.69) is 25.0 Å². The molecule has 9 heteroatoms. The molecule has 1 amide bonds. The Balaban J connectivity index is 0.000000195. The first-order valence-corrected chi connectivity index (χ1v) is 12.5. The Bertz CT molecular complexity index is 1210. The summed E-state index contributed by atoms with van der Waals surface area (Å²) in [6.07, 6.45) is 6.14. The lowest BCUT2D eigenvalue weighted by Gasteiger charge is -2.30. The lowest BCUT2D eigenvalue weighted by Crippen LogP contribution is -2.33. The minimum Gasteiger partial charge on any atom is -0.391 e. The summed E-state index contributed by atoms with van der Waals surface area (Å²) in [6, 6.07) is 19.2. The van der Waals surface area contributed by atoms with Gasteiger partial charge in [0.25, 0.3) is 5.91 Å². The number of anilines is 2. The highest BCUT2D eigenvalue weighted by Gasteiger charge is 2.22. The predicted molar refractivity (Wildman–Crippen MR) is 149 cm³/mol. The Labute approximate surface area is 218 Å². The standard InChI is InChI=1S/C15H13N3O.C11H16N4O.C2H6/c16-14-15(19)17-12-9-5-4-8-11(12)13(18-14)10-6-2-1-3-7-10;12-11(16-13)9-8-14-5-4-10(9)15-6-2-1-3-7-15;1-2/h1-9,14H,16H2,(H,17,19);4-5,8,12H,1-3,6-7,13H2;1-2H3. The molecule has 37 heavy (non-hydrogen) atoms. The zero-order valence-electron chi connectivity index (χ0n) is 21.4. The van der Waals surface area contributed by atoms with Gasteiger partial charge in [0.1, 0.15) is 0 Å². The van der Waals surface area contributed by atoms with Crippen LogP contribution in [0.5, 0.6) is 0 Å². The number of rotatable bonds is 3. The molecule has 0 aliphatic carbocycles. The third-order valence-electron chi connectivity index (χ3n) is 5.88. The molecule has 2 aliphatic rings. The van der Waals surface area contributed by atoms with E-state index in [0.717, 1.165) is 41.3 Å². The van der Waals surface area contributed by atoms with E-state index >= 15 is 0 Å². The number of benzene rings is 2. The van der Waals surface area contributed by atoms with Gasteiger partial charge in [-0.2, -0.15) is 5.90 Å².